The van der Waals surface area contributed by atoms with E-state index in [-0.39, 0.29) is 11.0 Å². The number of rotatable bonds is 2. The molecule has 0 spiro atoms. The van der Waals surface area contributed by atoms with E-state index in [0.717, 1.165) is 5.56 Å². The number of carbonyl (C=O) groups is 1. The van der Waals surface area contributed by atoms with Crippen molar-refractivity contribution in [1.29, 1.82) is 0 Å². The van der Waals surface area contributed by atoms with Gasteiger partial charge in [-0.2, -0.15) is 0 Å². The summed E-state index contributed by atoms with van der Waals surface area (Å²) in [6.07, 6.45) is 8.54. The summed E-state index contributed by atoms with van der Waals surface area (Å²) in [7, 11) is 0. The summed E-state index contributed by atoms with van der Waals surface area (Å²) < 4.78 is 0. The highest BCUT2D eigenvalue weighted by atomic mass is 35.5. The number of allylic oxidation sites excluding steroid dienone is 3. The number of pyridine rings is 1. The third-order valence-corrected chi connectivity index (χ3v) is 3.65. The summed E-state index contributed by atoms with van der Waals surface area (Å²) >= 11 is 11.1. The lowest BCUT2D eigenvalue weighted by molar-refractivity contribution is -0.128. The number of aliphatic imine (C=N–C) groups is 1. The zero-order valence-electron chi connectivity index (χ0n) is 10.4. The molecule has 6 heteroatoms. The Morgan fingerprint density at radius 3 is 3.05 bits per heavy atom. The predicted octanol–water partition coefficient (Wildman–Crippen LogP) is 2.46. The topological polar surface area (TPSA) is 45.6 Å². The Morgan fingerprint density at radius 1 is 1.45 bits per heavy atom. The Morgan fingerprint density at radius 2 is 2.30 bits per heavy atom. The summed E-state index contributed by atoms with van der Waals surface area (Å²) in [5, 5.41) is 0.817. The molecular formula is C14H10ClN3OS. The molecule has 2 aliphatic rings. The van der Waals surface area contributed by atoms with Gasteiger partial charge in [-0.05, 0) is 36.0 Å². The second kappa shape index (κ2) is 5.26. The Balaban J connectivity index is 1.90. The highest BCUT2D eigenvalue weighted by Crippen LogP contribution is 2.24. The lowest BCUT2D eigenvalue weighted by Gasteiger charge is -2.30. The van der Waals surface area contributed by atoms with Crippen molar-refractivity contribution in [3.05, 3.63) is 53.4 Å². The molecule has 1 aromatic rings. The zero-order chi connectivity index (χ0) is 14.1. The zero-order valence-corrected chi connectivity index (χ0v) is 11.9. The number of thiocarbonyl (C=S) groups is 1. The van der Waals surface area contributed by atoms with Crippen LogP contribution in [0.15, 0.2) is 52.8 Å². The maximum atomic E-state index is 12.5. The van der Waals surface area contributed by atoms with Crippen LogP contribution in [0.4, 0.5) is 0 Å². The fourth-order valence-electron chi connectivity index (χ4n) is 2.13. The van der Waals surface area contributed by atoms with E-state index in [0.29, 0.717) is 17.3 Å². The van der Waals surface area contributed by atoms with Crippen LogP contribution in [-0.4, -0.2) is 26.6 Å². The Hall–Kier alpha value is -1.85. The van der Waals surface area contributed by atoms with Crippen LogP contribution in [-0.2, 0) is 11.3 Å². The van der Waals surface area contributed by atoms with Crippen molar-refractivity contribution in [3.63, 3.8) is 0 Å². The maximum absolute atomic E-state index is 12.5. The van der Waals surface area contributed by atoms with Gasteiger partial charge in [0.2, 0.25) is 11.0 Å². The molecule has 1 amide bonds. The van der Waals surface area contributed by atoms with E-state index in [1.807, 2.05) is 12.1 Å². The van der Waals surface area contributed by atoms with Crippen LogP contribution in [0.1, 0.15) is 5.56 Å². The minimum Gasteiger partial charge on any atom is -0.282 e. The van der Waals surface area contributed by atoms with Crippen LogP contribution in [0.2, 0.25) is 0 Å². The number of hydrogen-bond donors (Lipinski definition) is 0. The average Bonchev–Trinajstić information content (AvgIpc) is 2.44. The second-order valence-corrected chi connectivity index (χ2v) is 5.27. The standard InChI is InChI=1S/C14H10ClN3OS/c15-10-3-4-11-12(6-10)17-14(20)18(13(11)19)8-9-2-1-5-16-7-9/h1-7,11H,8H2. The van der Waals surface area contributed by atoms with Gasteiger partial charge < -0.3 is 0 Å². The van der Waals surface area contributed by atoms with E-state index in [9.17, 15) is 4.79 Å². The highest BCUT2D eigenvalue weighted by molar-refractivity contribution is 7.80. The van der Waals surface area contributed by atoms with Gasteiger partial charge in [0.05, 0.1) is 18.2 Å². The first-order chi connectivity index (χ1) is 9.65. The number of fused-ring (bicyclic) bond motifs is 1. The fourth-order valence-corrected chi connectivity index (χ4v) is 2.57. The minimum atomic E-state index is -0.402. The van der Waals surface area contributed by atoms with Crippen molar-refractivity contribution in [2.45, 2.75) is 6.54 Å². The molecule has 0 aromatic carbocycles. The van der Waals surface area contributed by atoms with Gasteiger partial charge in [0.25, 0.3) is 0 Å². The Kier molecular flexibility index (Phi) is 3.46. The normalized spacial score (nSPS) is 21.4. The van der Waals surface area contributed by atoms with E-state index < -0.39 is 5.92 Å². The van der Waals surface area contributed by atoms with Crippen LogP contribution >= 0.6 is 23.8 Å². The molecule has 1 aromatic heterocycles. The minimum absolute atomic E-state index is 0.0829. The lowest BCUT2D eigenvalue weighted by atomic mass is 9.95. The molecule has 1 aliphatic carbocycles. The third-order valence-electron chi connectivity index (χ3n) is 3.10. The number of aromatic nitrogens is 1. The molecule has 0 bridgehead atoms. The number of hydrogen-bond acceptors (Lipinski definition) is 3. The molecule has 0 saturated carbocycles. The molecule has 4 nitrogen and oxygen atoms in total. The van der Waals surface area contributed by atoms with Crippen molar-refractivity contribution >= 4 is 40.6 Å². The molecule has 1 atom stereocenters. The molecule has 1 aliphatic heterocycles. The van der Waals surface area contributed by atoms with Gasteiger partial charge in [-0.15, -0.1) is 0 Å². The van der Waals surface area contributed by atoms with E-state index in [4.69, 9.17) is 23.8 Å². The van der Waals surface area contributed by atoms with E-state index in [1.54, 1.807) is 30.6 Å². The number of halogens is 1. The summed E-state index contributed by atoms with van der Waals surface area (Å²) in [5.74, 6) is -0.485. The van der Waals surface area contributed by atoms with Crippen molar-refractivity contribution in [3.8, 4) is 0 Å². The Labute approximate surface area is 126 Å². The van der Waals surface area contributed by atoms with Crippen LogP contribution in [0.3, 0.4) is 0 Å². The molecule has 20 heavy (non-hydrogen) atoms. The molecule has 3 rings (SSSR count). The van der Waals surface area contributed by atoms with Crippen LogP contribution < -0.4 is 0 Å². The predicted molar refractivity (Wildman–Crippen MR) is 81.4 cm³/mol. The first-order valence-corrected chi connectivity index (χ1v) is 6.82. The van der Waals surface area contributed by atoms with Crippen molar-refractivity contribution in [2.24, 2.45) is 10.9 Å². The fraction of sp³-hybridized carbons (Fsp3) is 0.143. The molecular weight excluding hydrogens is 294 g/mol. The molecule has 0 radical (unpaired) electrons. The van der Waals surface area contributed by atoms with Gasteiger partial charge in [-0.3, -0.25) is 14.7 Å². The van der Waals surface area contributed by atoms with Crippen molar-refractivity contribution in [2.75, 3.05) is 0 Å². The van der Waals surface area contributed by atoms with Crippen LogP contribution in [0.5, 0.6) is 0 Å². The Bertz CT molecular complexity index is 666. The number of nitrogens with zero attached hydrogens (tertiary/aromatic N) is 3. The second-order valence-electron chi connectivity index (χ2n) is 4.47. The smallest absolute Gasteiger partial charge is 0.242 e. The van der Waals surface area contributed by atoms with Gasteiger partial charge in [0.15, 0.2) is 0 Å². The number of amides is 1. The quantitative estimate of drug-likeness (QED) is 0.788. The van der Waals surface area contributed by atoms with Gasteiger partial charge in [-0.25, -0.2) is 4.99 Å². The van der Waals surface area contributed by atoms with Crippen LogP contribution in [0, 0.1) is 5.92 Å². The first-order valence-electron chi connectivity index (χ1n) is 6.03. The van der Waals surface area contributed by atoms with Crippen LogP contribution in [0.25, 0.3) is 0 Å². The molecule has 2 heterocycles. The molecule has 100 valence electrons. The molecule has 1 unspecified atom stereocenters. The van der Waals surface area contributed by atoms with E-state index >= 15 is 0 Å². The van der Waals surface area contributed by atoms with Gasteiger partial charge in [-0.1, -0.05) is 23.7 Å². The van der Waals surface area contributed by atoms with Gasteiger partial charge >= 0.3 is 0 Å². The largest absolute Gasteiger partial charge is 0.282 e. The molecule has 0 fully saturated rings. The summed E-state index contributed by atoms with van der Waals surface area (Å²) in [4.78, 5) is 22.3. The van der Waals surface area contributed by atoms with E-state index in [1.165, 1.54) is 4.90 Å². The SMILES string of the molecule is O=C1C2C=CC(Cl)=CC2=NC(=S)N1Cc1cccnc1. The van der Waals surface area contributed by atoms with E-state index in [2.05, 4.69) is 9.98 Å². The molecule has 0 N–H and O–H groups in total. The number of carbonyl (C=O) groups excluding carboxylic acids is 1. The maximum Gasteiger partial charge on any atom is 0.242 e. The highest BCUT2D eigenvalue weighted by Gasteiger charge is 2.34. The van der Waals surface area contributed by atoms with Crippen molar-refractivity contribution < 1.29 is 4.79 Å². The third kappa shape index (κ3) is 2.42. The summed E-state index contributed by atoms with van der Waals surface area (Å²) in [5.41, 5.74) is 1.52. The monoisotopic (exact) mass is 303 g/mol. The summed E-state index contributed by atoms with van der Waals surface area (Å²) in [6.45, 7) is 0.379. The van der Waals surface area contributed by atoms with Gasteiger partial charge in [0.1, 0.15) is 0 Å². The van der Waals surface area contributed by atoms with Gasteiger partial charge in [0, 0.05) is 17.4 Å². The average molecular weight is 304 g/mol. The lowest BCUT2D eigenvalue weighted by Crippen LogP contribution is -2.45. The summed E-state index contributed by atoms with van der Waals surface area (Å²) in [6, 6.07) is 3.72. The molecule has 0 saturated heterocycles. The first kappa shape index (κ1) is 13.1. The van der Waals surface area contributed by atoms with Crippen molar-refractivity contribution in [1.82, 2.24) is 9.88 Å².